The van der Waals surface area contributed by atoms with Gasteiger partial charge in [0.2, 0.25) is 0 Å². The van der Waals surface area contributed by atoms with Gasteiger partial charge in [0.15, 0.2) is 0 Å². The van der Waals surface area contributed by atoms with Crippen LogP contribution in [0.5, 0.6) is 0 Å². The van der Waals surface area contributed by atoms with Crippen LogP contribution in [0.25, 0.3) is 16.7 Å². The summed E-state index contributed by atoms with van der Waals surface area (Å²) < 4.78 is 2.62. The minimum Gasteiger partial charge on any atom is -0.335 e. The Hall–Kier alpha value is -1.97. The largest absolute Gasteiger partial charge is 0.351 e. The van der Waals surface area contributed by atoms with Crippen molar-refractivity contribution in [2.45, 2.75) is 6.92 Å². The number of aromatic nitrogens is 2. The molecule has 4 heteroatoms. The van der Waals surface area contributed by atoms with Crippen molar-refractivity contribution in [2.75, 3.05) is 5.84 Å². The first-order chi connectivity index (χ1) is 6.63. The zero-order valence-corrected chi connectivity index (χ0v) is 7.90. The van der Waals surface area contributed by atoms with Crippen LogP contribution in [-0.4, -0.2) is 9.24 Å². The third-order valence-corrected chi connectivity index (χ3v) is 2.16. The molecule has 0 unspecified atom stereocenters. The molecule has 1 heterocycles. The molecule has 14 heavy (non-hydrogen) atoms. The predicted octanol–water partition coefficient (Wildman–Crippen LogP) is 1.01. The van der Waals surface area contributed by atoms with Crippen LogP contribution in [0, 0.1) is 0 Å². The molecule has 0 aliphatic rings. The SMILES string of the molecule is C=C(C)n1c(=O)n(N)c2ccccc21. The van der Waals surface area contributed by atoms with E-state index in [0.29, 0.717) is 11.2 Å². The lowest BCUT2D eigenvalue weighted by atomic mass is 10.3. The molecular formula is C10H11N3O. The second-order valence-electron chi connectivity index (χ2n) is 3.21. The average molecular weight is 189 g/mol. The lowest BCUT2D eigenvalue weighted by Crippen LogP contribution is -2.28. The van der Waals surface area contributed by atoms with Crippen LogP contribution in [0.15, 0.2) is 35.6 Å². The lowest BCUT2D eigenvalue weighted by molar-refractivity contribution is 0.907. The topological polar surface area (TPSA) is 53.0 Å². The first-order valence-electron chi connectivity index (χ1n) is 4.26. The molecule has 0 saturated heterocycles. The number of rotatable bonds is 1. The van der Waals surface area contributed by atoms with Crippen molar-refractivity contribution < 1.29 is 0 Å². The maximum Gasteiger partial charge on any atom is 0.351 e. The lowest BCUT2D eigenvalue weighted by Gasteiger charge is -1.98. The fourth-order valence-electron chi connectivity index (χ4n) is 1.54. The third-order valence-electron chi connectivity index (χ3n) is 2.16. The van der Waals surface area contributed by atoms with E-state index in [9.17, 15) is 4.79 Å². The molecule has 0 bridgehead atoms. The Balaban J connectivity index is 3.03. The van der Waals surface area contributed by atoms with E-state index in [1.807, 2.05) is 18.2 Å². The summed E-state index contributed by atoms with van der Waals surface area (Å²) in [6.45, 7) is 5.52. The molecule has 72 valence electrons. The summed E-state index contributed by atoms with van der Waals surface area (Å²) in [6, 6.07) is 7.35. The number of nitrogens with two attached hydrogens (primary N) is 1. The van der Waals surface area contributed by atoms with Crippen LogP contribution >= 0.6 is 0 Å². The minimum atomic E-state index is -0.265. The van der Waals surface area contributed by atoms with Gasteiger partial charge in [-0.25, -0.2) is 9.47 Å². The highest BCUT2D eigenvalue weighted by Gasteiger charge is 2.09. The second kappa shape index (κ2) is 2.77. The van der Waals surface area contributed by atoms with E-state index in [-0.39, 0.29) is 5.69 Å². The van der Waals surface area contributed by atoms with E-state index in [4.69, 9.17) is 5.84 Å². The molecule has 2 N–H and O–H groups in total. The summed E-state index contributed by atoms with van der Waals surface area (Å²) in [5, 5.41) is 0. The van der Waals surface area contributed by atoms with Crippen molar-refractivity contribution in [2.24, 2.45) is 0 Å². The number of imidazole rings is 1. The monoisotopic (exact) mass is 189 g/mol. The van der Waals surface area contributed by atoms with Crippen molar-refractivity contribution in [1.29, 1.82) is 0 Å². The van der Waals surface area contributed by atoms with Gasteiger partial charge in [0, 0.05) is 5.70 Å². The molecule has 2 aromatic rings. The number of nitrogens with zero attached hydrogens (tertiary/aromatic N) is 2. The fraction of sp³-hybridized carbons (Fsp3) is 0.100. The minimum absolute atomic E-state index is 0.265. The maximum absolute atomic E-state index is 11.7. The summed E-state index contributed by atoms with van der Waals surface area (Å²) in [4.78, 5) is 11.7. The van der Waals surface area contributed by atoms with E-state index in [1.165, 1.54) is 4.57 Å². The van der Waals surface area contributed by atoms with E-state index in [2.05, 4.69) is 6.58 Å². The highest BCUT2D eigenvalue weighted by atomic mass is 16.2. The van der Waals surface area contributed by atoms with Crippen molar-refractivity contribution >= 4 is 16.7 Å². The van der Waals surface area contributed by atoms with Crippen molar-refractivity contribution in [3.63, 3.8) is 0 Å². The van der Waals surface area contributed by atoms with Crippen LogP contribution in [0.1, 0.15) is 6.92 Å². The van der Waals surface area contributed by atoms with Crippen LogP contribution < -0.4 is 11.5 Å². The molecule has 0 amide bonds. The molecule has 0 aliphatic heterocycles. The number of nitrogen functional groups attached to an aromatic ring is 1. The summed E-state index contributed by atoms with van der Waals surface area (Å²) in [7, 11) is 0. The van der Waals surface area contributed by atoms with E-state index >= 15 is 0 Å². The Morgan fingerprint density at radius 3 is 2.50 bits per heavy atom. The second-order valence-corrected chi connectivity index (χ2v) is 3.21. The van der Waals surface area contributed by atoms with E-state index < -0.39 is 0 Å². The maximum atomic E-state index is 11.7. The van der Waals surface area contributed by atoms with Gasteiger partial charge in [-0.15, -0.1) is 0 Å². The molecule has 0 radical (unpaired) electrons. The molecule has 1 aromatic carbocycles. The first kappa shape index (κ1) is 8.62. The summed E-state index contributed by atoms with van der Waals surface area (Å²) in [6.07, 6.45) is 0. The van der Waals surface area contributed by atoms with E-state index in [0.717, 1.165) is 10.2 Å². The van der Waals surface area contributed by atoms with Gasteiger partial charge in [-0.05, 0) is 19.1 Å². The van der Waals surface area contributed by atoms with Crippen LogP contribution in [0.2, 0.25) is 0 Å². The smallest absolute Gasteiger partial charge is 0.335 e. The van der Waals surface area contributed by atoms with E-state index in [1.54, 1.807) is 13.0 Å². The van der Waals surface area contributed by atoms with Gasteiger partial charge in [0.1, 0.15) is 0 Å². The van der Waals surface area contributed by atoms with Crippen LogP contribution in [0.4, 0.5) is 0 Å². The van der Waals surface area contributed by atoms with Gasteiger partial charge in [0.25, 0.3) is 0 Å². The fourth-order valence-corrected chi connectivity index (χ4v) is 1.54. The number of para-hydroxylation sites is 2. The average Bonchev–Trinajstić information content (AvgIpc) is 2.41. The Kier molecular flexibility index (Phi) is 1.70. The Morgan fingerprint density at radius 1 is 1.36 bits per heavy atom. The van der Waals surface area contributed by atoms with Crippen molar-refractivity contribution in [3.05, 3.63) is 41.3 Å². The molecule has 0 fully saturated rings. The highest BCUT2D eigenvalue weighted by Crippen LogP contribution is 2.13. The van der Waals surface area contributed by atoms with Gasteiger partial charge in [-0.3, -0.25) is 4.57 Å². The van der Waals surface area contributed by atoms with Crippen molar-refractivity contribution in [1.82, 2.24) is 9.24 Å². The van der Waals surface area contributed by atoms with Gasteiger partial charge < -0.3 is 5.84 Å². The van der Waals surface area contributed by atoms with Gasteiger partial charge in [-0.1, -0.05) is 18.7 Å². The molecular weight excluding hydrogens is 178 g/mol. The van der Waals surface area contributed by atoms with Gasteiger partial charge in [0.05, 0.1) is 11.0 Å². The standard InChI is InChI=1S/C10H11N3O/c1-7(2)12-8-5-3-4-6-9(8)13(11)10(12)14/h3-6H,1,11H2,2H3. The zero-order chi connectivity index (χ0) is 10.3. The predicted molar refractivity (Wildman–Crippen MR) is 57.4 cm³/mol. The summed E-state index contributed by atoms with van der Waals surface area (Å²) in [5.74, 6) is 5.62. The number of hydrogen-bond acceptors (Lipinski definition) is 2. The number of hydrogen-bond donors (Lipinski definition) is 1. The molecule has 0 atom stereocenters. The van der Waals surface area contributed by atoms with Crippen molar-refractivity contribution in [3.8, 4) is 0 Å². The molecule has 1 aromatic heterocycles. The molecule has 0 saturated carbocycles. The van der Waals surface area contributed by atoms with Gasteiger partial charge in [-0.2, -0.15) is 0 Å². The number of benzene rings is 1. The molecule has 0 aliphatic carbocycles. The quantitative estimate of drug-likeness (QED) is 0.680. The number of fused-ring (bicyclic) bond motifs is 1. The van der Waals surface area contributed by atoms with Crippen LogP contribution in [0.3, 0.4) is 0 Å². The third kappa shape index (κ3) is 0.970. The summed E-state index contributed by atoms with van der Waals surface area (Å²) in [5.41, 5.74) is 1.89. The Labute approximate surface area is 80.8 Å². The molecule has 0 spiro atoms. The molecule has 2 rings (SSSR count). The number of allylic oxidation sites excluding steroid dienone is 1. The normalized spacial score (nSPS) is 10.6. The summed E-state index contributed by atoms with van der Waals surface area (Å²) >= 11 is 0. The highest BCUT2D eigenvalue weighted by molar-refractivity contribution is 5.79. The van der Waals surface area contributed by atoms with Crippen LogP contribution in [-0.2, 0) is 0 Å². The Bertz CT molecular complexity index is 562. The molecule has 4 nitrogen and oxygen atoms in total. The van der Waals surface area contributed by atoms with Gasteiger partial charge >= 0.3 is 5.69 Å². The Morgan fingerprint density at radius 2 is 1.93 bits per heavy atom. The first-order valence-corrected chi connectivity index (χ1v) is 4.26. The zero-order valence-electron chi connectivity index (χ0n) is 7.90.